The van der Waals surface area contributed by atoms with E-state index in [1.807, 2.05) is 60.7 Å². The number of carbonyl (C=O) groups is 2. The van der Waals surface area contributed by atoms with Gasteiger partial charge in [-0.15, -0.1) is 0 Å². The standard InChI is InChI=1S/2C14H20N2O2.2CH4/c2*1-11(17)14-8-7-13(9-15-14)16-18-10-12-5-3-2-4-6-12;;/h2*2-6,13-16H,7-10H2,1H3;2*1H4/t2*13-,14+;;/m11../s1. The van der Waals surface area contributed by atoms with Crippen LogP contribution >= 0.6 is 0 Å². The van der Waals surface area contributed by atoms with E-state index >= 15 is 0 Å². The lowest BCUT2D eigenvalue weighted by atomic mass is 9.99. The van der Waals surface area contributed by atoms with Gasteiger partial charge in [-0.1, -0.05) is 75.5 Å². The second-order valence-electron chi connectivity index (χ2n) is 9.48. The summed E-state index contributed by atoms with van der Waals surface area (Å²) in [5.74, 6) is 0.442. The maximum atomic E-state index is 11.2. The molecule has 0 aliphatic carbocycles. The first-order valence-corrected chi connectivity index (χ1v) is 12.8. The number of piperidine rings is 2. The third-order valence-corrected chi connectivity index (χ3v) is 6.47. The van der Waals surface area contributed by atoms with Crippen LogP contribution in [0.1, 0.15) is 65.5 Å². The third-order valence-electron chi connectivity index (χ3n) is 6.47. The molecule has 2 aromatic rings. The van der Waals surface area contributed by atoms with Crippen molar-refractivity contribution in [3.8, 4) is 0 Å². The summed E-state index contributed by atoms with van der Waals surface area (Å²) in [6, 6.07) is 20.7. The Hall–Kier alpha value is -2.46. The molecule has 2 aliphatic rings. The van der Waals surface area contributed by atoms with E-state index in [0.29, 0.717) is 13.2 Å². The fourth-order valence-electron chi connectivity index (χ4n) is 4.24. The van der Waals surface area contributed by atoms with E-state index in [2.05, 4.69) is 21.6 Å². The number of rotatable bonds is 10. The predicted molar refractivity (Wildman–Crippen MR) is 153 cm³/mol. The highest BCUT2D eigenvalue weighted by Gasteiger charge is 2.24. The lowest BCUT2D eigenvalue weighted by molar-refractivity contribution is -0.120. The molecular formula is C30H48N4O4. The first-order chi connectivity index (χ1) is 17.5. The van der Waals surface area contributed by atoms with E-state index in [1.165, 1.54) is 0 Å². The van der Waals surface area contributed by atoms with Crippen LogP contribution in [-0.2, 0) is 32.5 Å². The molecule has 0 bridgehead atoms. The second kappa shape index (κ2) is 18.7. The molecule has 212 valence electrons. The molecule has 2 aromatic carbocycles. The first-order valence-electron chi connectivity index (χ1n) is 12.8. The van der Waals surface area contributed by atoms with Crippen molar-refractivity contribution in [2.75, 3.05) is 13.1 Å². The molecule has 0 unspecified atom stereocenters. The maximum absolute atomic E-state index is 11.2. The third kappa shape index (κ3) is 12.4. The number of carbonyl (C=O) groups excluding carboxylic acids is 2. The molecular weight excluding hydrogens is 480 g/mol. The van der Waals surface area contributed by atoms with Gasteiger partial charge in [0.2, 0.25) is 0 Å². The van der Waals surface area contributed by atoms with Crippen LogP contribution < -0.4 is 21.6 Å². The zero-order valence-corrected chi connectivity index (χ0v) is 21.4. The Morgan fingerprint density at radius 3 is 1.34 bits per heavy atom. The topological polar surface area (TPSA) is 101 Å². The van der Waals surface area contributed by atoms with Crippen LogP contribution in [0.4, 0.5) is 0 Å². The van der Waals surface area contributed by atoms with Gasteiger partial charge in [-0.3, -0.25) is 19.3 Å². The van der Waals surface area contributed by atoms with Crippen LogP contribution in [0.5, 0.6) is 0 Å². The normalized spacial score (nSPS) is 22.6. The van der Waals surface area contributed by atoms with Crippen LogP contribution in [-0.4, -0.2) is 48.8 Å². The van der Waals surface area contributed by atoms with Crippen molar-refractivity contribution >= 4 is 11.6 Å². The van der Waals surface area contributed by atoms with Crippen LogP contribution in [0.25, 0.3) is 0 Å². The van der Waals surface area contributed by atoms with Gasteiger partial charge in [0.15, 0.2) is 0 Å². The van der Waals surface area contributed by atoms with Crippen molar-refractivity contribution in [3.05, 3.63) is 71.8 Å². The van der Waals surface area contributed by atoms with E-state index in [9.17, 15) is 9.59 Å². The second-order valence-corrected chi connectivity index (χ2v) is 9.48. The lowest BCUT2D eigenvalue weighted by Gasteiger charge is -2.28. The lowest BCUT2D eigenvalue weighted by Crippen LogP contribution is -2.50. The van der Waals surface area contributed by atoms with Gasteiger partial charge in [-0.2, -0.15) is 11.0 Å². The Morgan fingerprint density at radius 2 is 1.05 bits per heavy atom. The summed E-state index contributed by atoms with van der Waals surface area (Å²) in [5, 5.41) is 6.45. The number of Topliss-reactive ketones (excluding diaryl/α,β-unsaturated/α-hetero) is 2. The number of nitrogens with one attached hydrogen (secondary N) is 4. The summed E-state index contributed by atoms with van der Waals surface area (Å²) in [4.78, 5) is 33.3. The molecule has 2 aliphatic heterocycles. The summed E-state index contributed by atoms with van der Waals surface area (Å²) < 4.78 is 0. The molecule has 2 saturated heterocycles. The molecule has 0 aromatic heterocycles. The highest BCUT2D eigenvalue weighted by molar-refractivity contribution is 5.81. The largest absolute Gasteiger partial charge is 0.306 e. The molecule has 4 rings (SSSR count). The number of ketones is 2. The van der Waals surface area contributed by atoms with E-state index in [-0.39, 0.29) is 50.6 Å². The highest BCUT2D eigenvalue weighted by Crippen LogP contribution is 2.10. The number of hydrogen-bond donors (Lipinski definition) is 4. The summed E-state index contributed by atoms with van der Waals surface area (Å²) in [6.07, 6.45) is 3.68. The molecule has 0 radical (unpaired) electrons. The van der Waals surface area contributed by atoms with Crippen LogP contribution in [0.15, 0.2) is 60.7 Å². The minimum absolute atomic E-state index is 0. The summed E-state index contributed by atoms with van der Waals surface area (Å²) in [5.41, 5.74) is 8.41. The predicted octanol–water partition coefficient (Wildman–Crippen LogP) is 4.11. The Balaban J connectivity index is 0.000000361. The van der Waals surface area contributed by atoms with Gasteiger partial charge in [0.25, 0.3) is 0 Å². The number of benzene rings is 2. The van der Waals surface area contributed by atoms with Gasteiger partial charge in [0, 0.05) is 25.2 Å². The van der Waals surface area contributed by atoms with Gasteiger partial charge in [-0.25, -0.2) is 0 Å². The Morgan fingerprint density at radius 1 is 0.684 bits per heavy atom. The van der Waals surface area contributed by atoms with Crippen LogP contribution in [0.3, 0.4) is 0 Å². The average molecular weight is 529 g/mol. The van der Waals surface area contributed by atoms with Crippen molar-refractivity contribution in [3.63, 3.8) is 0 Å². The Labute approximate surface area is 229 Å². The van der Waals surface area contributed by atoms with Gasteiger partial charge in [0.05, 0.1) is 25.3 Å². The number of hydrogen-bond acceptors (Lipinski definition) is 8. The molecule has 8 heteroatoms. The zero-order chi connectivity index (χ0) is 25.6. The summed E-state index contributed by atoms with van der Waals surface area (Å²) in [6.45, 7) is 5.95. The van der Waals surface area contributed by atoms with Crippen molar-refractivity contribution in [1.82, 2.24) is 21.6 Å². The zero-order valence-electron chi connectivity index (χ0n) is 21.4. The molecule has 2 heterocycles. The van der Waals surface area contributed by atoms with Gasteiger partial charge < -0.3 is 10.6 Å². The quantitative estimate of drug-likeness (QED) is 0.342. The molecule has 0 spiro atoms. The molecule has 8 nitrogen and oxygen atoms in total. The minimum atomic E-state index is 0. The Bertz CT molecular complexity index is 821. The van der Waals surface area contributed by atoms with Crippen molar-refractivity contribution in [2.45, 2.75) is 91.8 Å². The van der Waals surface area contributed by atoms with Gasteiger partial charge in [0.1, 0.15) is 11.6 Å². The van der Waals surface area contributed by atoms with Crippen molar-refractivity contribution < 1.29 is 19.3 Å². The highest BCUT2D eigenvalue weighted by atomic mass is 16.6. The monoisotopic (exact) mass is 528 g/mol. The van der Waals surface area contributed by atoms with Crippen molar-refractivity contribution in [2.24, 2.45) is 0 Å². The smallest absolute Gasteiger partial charge is 0.146 e. The molecule has 4 N–H and O–H groups in total. The molecule has 0 saturated carbocycles. The van der Waals surface area contributed by atoms with E-state index in [1.54, 1.807) is 13.8 Å². The number of hydroxylamine groups is 2. The van der Waals surface area contributed by atoms with E-state index in [4.69, 9.17) is 9.68 Å². The van der Waals surface area contributed by atoms with E-state index in [0.717, 1.165) is 49.9 Å². The van der Waals surface area contributed by atoms with Crippen LogP contribution in [0.2, 0.25) is 0 Å². The average Bonchev–Trinajstić information content (AvgIpc) is 2.91. The molecule has 38 heavy (non-hydrogen) atoms. The van der Waals surface area contributed by atoms with E-state index < -0.39 is 0 Å². The fourth-order valence-corrected chi connectivity index (χ4v) is 4.24. The summed E-state index contributed by atoms with van der Waals surface area (Å²) in [7, 11) is 0. The SMILES string of the molecule is C.C.CC(=O)[C@@H]1CC[C@@H](NOCc2ccccc2)CN1.CC(=O)[C@@H]1CC[C@@H](NOCc2ccccc2)CN1. The first kappa shape index (κ1) is 33.6. The minimum Gasteiger partial charge on any atom is -0.306 e. The molecule has 4 atom stereocenters. The summed E-state index contributed by atoms with van der Waals surface area (Å²) >= 11 is 0. The maximum Gasteiger partial charge on any atom is 0.146 e. The Kier molecular flexibility index (Phi) is 16.6. The van der Waals surface area contributed by atoms with Crippen molar-refractivity contribution in [1.29, 1.82) is 0 Å². The fraction of sp³-hybridized carbons (Fsp3) is 0.533. The van der Waals surface area contributed by atoms with Gasteiger partial charge >= 0.3 is 0 Å². The molecule has 2 fully saturated rings. The van der Waals surface area contributed by atoms with Gasteiger partial charge in [-0.05, 0) is 50.7 Å². The van der Waals surface area contributed by atoms with Crippen LogP contribution in [0, 0.1) is 0 Å². The molecule has 0 amide bonds.